The average molecular weight is 242 g/mol. The van der Waals surface area contributed by atoms with E-state index < -0.39 is 6.10 Å². The third-order valence-electron chi connectivity index (χ3n) is 2.64. The highest BCUT2D eigenvalue weighted by molar-refractivity contribution is 7.99. The summed E-state index contributed by atoms with van der Waals surface area (Å²) in [6.45, 7) is 3.74. The molecule has 0 spiro atoms. The number of aliphatic hydroxyl groups excluding tert-OH is 1. The Labute approximate surface area is 100.0 Å². The lowest BCUT2D eigenvalue weighted by molar-refractivity contribution is -0.0227. The van der Waals surface area contributed by atoms with Crippen molar-refractivity contribution >= 4 is 11.8 Å². The van der Waals surface area contributed by atoms with Gasteiger partial charge in [-0.1, -0.05) is 6.92 Å². The quantitative estimate of drug-likeness (QED) is 0.868. The minimum atomic E-state index is -0.543. The topological polar surface area (TPSA) is 47.3 Å². The van der Waals surface area contributed by atoms with E-state index in [0.29, 0.717) is 0 Å². The number of aliphatic hydroxyl groups is 1. The molecule has 0 aliphatic carbocycles. The third-order valence-corrected chi connectivity index (χ3v) is 3.66. The fraction of sp³-hybridized carbons (Fsp3) is 0.727. The van der Waals surface area contributed by atoms with E-state index in [2.05, 4.69) is 12.0 Å². The molecule has 1 N–H and O–H groups in total. The smallest absolute Gasteiger partial charge is 0.109 e. The summed E-state index contributed by atoms with van der Waals surface area (Å²) < 4.78 is 7.43. The van der Waals surface area contributed by atoms with Gasteiger partial charge in [0.15, 0.2) is 0 Å². The van der Waals surface area contributed by atoms with Crippen molar-refractivity contribution in [2.24, 2.45) is 0 Å². The summed E-state index contributed by atoms with van der Waals surface area (Å²) in [5, 5.41) is 14.4. The van der Waals surface area contributed by atoms with Crippen molar-refractivity contribution in [1.82, 2.24) is 9.78 Å². The molecule has 0 amide bonds. The van der Waals surface area contributed by atoms with E-state index in [1.54, 1.807) is 6.20 Å². The average Bonchev–Trinajstić information content (AvgIpc) is 2.78. The zero-order valence-corrected chi connectivity index (χ0v) is 10.3. The summed E-state index contributed by atoms with van der Waals surface area (Å²) in [7, 11) is 0. The van der Waals surface area contributed by atoms with Crippen LogP contribution in [0.25, 0.3) is 0 Å². The summed E-state index contributed by atoms with van der Waals surface area (Å²) in [5.74, 6) is 1.89. The van der Waals surface area contributed by atoms with Crippen LogP contribution >= 0.6 is 11.8 Å². The molecule has 4 nitrogen and oxygen atoms in total. The van der Waals surface area contributed by atoms with Gasteiger partial charge in [0.2, 0.25) is 0 Å². The van der Waals surface area contributed by atoms with Crippen molar-refractivity contribution in [1.29, 1.82) is 0 Å². The Hall–Kier alpha value is -0.520. The number of hydrogen-bond acceptors (Lipinski definition) is 4. The number of ether oxygens (including phenoxy) is 1. The van der Waals surface area contributed by atoms with Crippen LogP contribution in [-0.4, -0.2) is 39.1 Å². The van der Waals surface area contributed by atoms with Crippen LogP contribution in [0.1, 0.15) is 25.0 Å². The van der Waals surface area contributed by atoms with Gasteiger partial charge in [0.05, 0.1) is 18.9 Å². The molecule has 1 aromatic heterocycles. The van der Waals surface area contributed by atoms with E-state index in [1.807, 2.05) is 22.6 Å². The Morgan fingerprint density at radius 3 is 3.31 bits per heavy atom. The molecule has 1 saturated heterocycles. The third kappa shape index (κ3) is 2.78. The van der Waals surface area contributed by atoms with E-state index in [0.717, 1.165) is 36.6 Å². The van der Waals surface area contributed by atoms with Gasteiger partial charge in [0.1, 0.15) is 6.10 Å². The molecule has 0 aromatic carbocycles. The maximum absolute atomic E-state index is 10.1. The van der Waals surface area contributed by atoms with Crippen LogP contribution in [0.2, 0.25) is 0 Å². The fourth-order valence-electron chi connectivity index (χ4n) is 1.79. The summed E-state index contributed by atoms with van der Waals surface area (Å²) in [6, 6.07) is 0. The molecule has 0 radical (unpaired) electrons. The number of thioether (sulfide) groups is 1. The predicted octanol–water partition coefficient (Wildman–Crippen LogP) is 1.46. The molecule has 1 aliphatic rings. The summed E-state index contributed by atoms with van der Waals surface area (Å²) in [4.78, 5) is 0. The van der Waals surface area contributed by atoms with Crippen molar-refractivity contribution in [2.45, 2.75) is 32.1 Å². The standard InChI is InChI=1S/C11H18N2O2S/c1-2-3-13-7-9(6-12-13)11(14)10-8-16-5-4-15-10/h6-7,10-11,14H,2-5,8H2,1H3. The van der Waals surface area contributed by atoms with E-state index in [-0.39, 0.29) is 6.10 Å². The lowest BCUT2D eigenvalue weighted by Crippen LogP contribution is -2.29. The van der Waals surface area contributed by atoms with E-state index in [1.165, 1.54) is 0 Å². The minimum Gasteiger partial charge on any atom is -0.386 e. The first-order chi connectivity index (χ1) is 7.81. The highest BCUT2D eigenvalue weighted by atomic mass is 32.2. The number of aromatic nitrogens is 2. The van der Waals surface area contributed by atoms with Gasteiger partial charge in [-0.25, -0.2) is 0 Å². The Balaban J connectivity index is 1.98. The summed E-state index contributed by atoms with van der Waals surface area (Å²) >= 11 is 1.83. The molecule has 5 heteroatoms. The van der Waals surface area contributed by atoms with Crippen LogP contribution < -0.4 is 0 Å². The van der Waals surface area contributed by atoms with E-state index in [9.17, 15) is 5.11 Å². The second kappa shape index (κ2) is 5.70. The van der Waals surface area contributed by atoms with Crippen LogP contribution in [0.4, 0.5) is 0 Å². The van der Waals surface area contributed by atoms with Gasteiger partial charge >= 0.3 is 0 Å². The molecule has 0 bridgehead atoms. The Morgan fingerprint density at radius 2 is 2.62 bits per heavy atom. The molecule has 1 aliphatic heterocycles. The molecular formula is C11H18N2O2S. The van der Waals surface area contributed by atoms with Gasteiger partial charge in [-0.15, -0.1) is 0 Å². The predicted molar refractivity (Wildman–Crippen MR) is 64.5 cm³/mol. The monoisotopic (exact) mass is 242 g/mol. The van der Waals surface area contributed by atoms with Gasteiger partial charge in [-0.3, -0.25) is 4.68 Å². The molecular weight excluding hydrogens is 224 g/mol. The molecule has 2 rings (SSSR count). The van der Waals surface area contributed by atoms with Gasteiger partial charge < -0.3 is 9.84 Å². The van der Waals surface area contributed by atoms with Gasteiger partial charge in [0, 0.05) is 29.8 Å². The number of hydrogen-bond donors (Lipinski definition) is 1. The number of nitrogens with zero attached hydrogens (tertiary/aromatic N) is 2. The molecule has 0 saturated carbocycles. The molecule has 90 valence electrons. The molecule has 16 heavy (non-hydrogen) atoms. The van der Waals surface area contributed by atoms with Gasteiger partial charge in [-0.2, -0.15) is 16.9 Å². The molecule has 2 heterocycles. The zero-order valence-electron chi connectivity index (χ0n) is 9.50. The second-order valence-electron chi connectivity index (χ2n) is 3.97. The van der Waals surface area contributed by atoms with Crippen molar-refractivity contribution in [3.05, 3.63) is 18.0 Å². The van der Waals surface area contributed by atoms with E-state index in [4.69, 9.17) is 4.74 Å². The van der Waals surface area contributed by atoms with E-state index >= 15 is 0 Å². The molecule has 2 atom stereocenters. The maximum Gasteiger partial charge on any atom is 0.109 e. The first-order valence-corrected chi connectivity index (χ1v) is 6.86. The summed E-state index contributed by atoms with van der Waals surface area (Å²) in [6.07, 6.45) is 4.07. The SMILES string of the molecule is CCCn1cc(C(O)C2CSCCO2)cn1. The maximum atomic E-state index is 10.1. The number of rotatable bonds is 4. The van der Waals surface area contributed by atoms with Crippen LogP contribution in [0, 0.1) is 0 Å². The van der Waals surface area contributed by atoms with Crippen LogP contribution in [0.3, 0.4) is 0 Å². The highest BCUT2D eigenvalue weighted by Crippen LogP contribution is 2.25. The van der Waals surface area contributed by atoms with Crippen LogP contribution in [-0.2, 0) is 11.3 Å². The Morgan fingerprint density at radius 1 is 1.75 bits per heavy atom. The van der Waals surface area contributed by atoms with Crippen molar-refractivity contribution in [2.75, 3.05) is 18.1 Å². The largest absolute Gasteiger partial charge is 0.386 e. The number of aryl methyl sites for hydroxylation is 1. The molecule has 1 fully saturated rings. The normalized spacial score (nSPS) is 23.2. The molecule has 1 aromatic rings. The first-order valence-electron chi connectivity index (χ1n) is 5.71. The minimum absolute atomic E-state index is 0.0852. The summed E-state index contributed by atoms with van der Waals surface area (Å²) in [5.41, 5.74) is 0.862. The Kier molecular flexibility index (Phi) is 4.26. The van der Waals surface area contributed by atoms with Gasteiger partial charge in [0.25, 0.3) is 0 Å². The van der Waals surface area contributed by atoms with Crippen LogP contribution in [0.5, 0.6) is 0 Å². The lowest BCUT2D eigenvalue weighted by atomic mass is 10.1. The first kappa shape index (κ1) is 12.0. The lowest BCUT2D eigenvalue weighted by Gasteiger charge is -2.26. The van der Waals surface area contributed by atoms with Crippen molar-refractivity contribution in [3.63, 3.8) is 0 Å². The zero-order chi connectivity index (χ0) is 11.4. The van der Waals surface area contributed by atoms with Gasteiger partial charge in [-0.05, 0) is 6.42 Å². The Bertz CT molecular complexity index is 324. The second-order valence-corrected chi connectivity index (χ2v) is 5.12. The van der Waals surface area contributed by atoms with Crippen LogP contribution in [0.15, 0.2) is 12.4 Å². The molecule has 2 unspecified atom stereocenters. The van der Waals surface area contributed by atoms with Crippen molar-refractivity contribution < 1.29 is 9.84 Å². The van der Waals surface area contributed by atoms with Crippen molar-refractivity contribution in [3.8, 4) is 0 Å². The highest BCUT2D eigenvalue weighted by Gasteiger charge is 2.25. The fourth-order valence-corrected chi connectivity index (χ4v) is 2.68.